The molecule has 0 bridgehead atoms. The first-order valence-corrected chi connectivity index (χ1v) is 5.68. The van der Waals surface area contributed by atoms with Gasteiger partial charge >= 0.3 is 0 Å². The normalized spacial score (nSPS) is 10.7. The van der Waals surface area contributed by atoms with Crippen molar-refractivity contribution in [2.45, 2.75) is 11.8 Å². The fourth-order valence-electron chi connectivity index (χ4n) is 1.36. The van der Waals surface area contributed by atoms with Crippen LogP contribution in [0.15, 0.2) is 22.4 Å². The highest BCUT2D eigenvalue weighted by Gasteiger charge is 2.09. The van der Waals surface area contributed by atoms with E-state index in [4.69, 9.17) is 10.5 Å². The molecule has 0 amide bonds. The van der Waals surface area contributed by atoms with Crippen LogP contribution in [0.5, 0.6) is 5.75 Å². The Bertz CT molecular complexity index is 464. The zero-order chi connectivity index (χ0) is 10.1. The number of ether oxygens (including phenoxy) is 1. The van der Waals surface area contributed by atoms with Crippen molar-refractivity contribution >= 4 is 39.7 Å². The summed E-state index contributed by atoms with van der Waals surface area (Å²) in [4.78, 5) is 0.812. The van der Waals surface area contributed by atoms with Gasteiger partial charge in [0.15, 0.2) is 0 Å². The van der Waals surface area contributed by atoms with Gasteiger partial charge in [-0.1, -0.05) is 0 Å². The van der Waals surface area contributed by atoms with Crippen molar-refractivity contribution in [2.24, 2.45) is 0 Å². The molecule has 0 saturated carbocycles. The van der Waals surface area contributed by atoms with Gasteiger partial charge in [0.2, 0.25) is 0 Å². The van der Waals surface area contributed by atoms with E-state index >= 15 is 0 Å². The average molecular weight is 225 g/mol. The van der Waals surface area contributed by atoms with E-state index in [0.717, 1.165) is 20.7 Å². The summed E-state index contributed by atoms with van der Waals surface area (Å²) in [5.41, 5.74) is 6.52. The molecule has 2 rings (SSSR count). The fraction of sp³-hybridized carbons (Fsp3) is 0.200. The summed E-state index contributed by atoms with van der Waals surface area (Å²) in [5.74, 6) is 0.729. The topological polar surface area (TPSA) is 35.2 Å². The molecule has 0 fully saturated rings. The number of thiophene rings is 1. The van der Waals surface area contributed by atoms with Gasteiger partial charge in [0, 0.05) is 21.0 Å². The third-order valence-electron chi connectivity index (χ3n) is 2.03. The summed E-state index contributed by atoms with van der Waals surface area (Å²) in [5, 5.41) is 3.12. The van der Waals surface area contributed by atoms with Crippen LogP contribution >= 0.6 is 24.0 Å². The second-order valence-corrected chi connectivity index (χ2v) is 4.30. The van der Waals surface area contributed by atoms with Gasteiger partial charge in [-0.15, -0.1) is 24.0 Å². The smallest absolute Gasteiger partial charge is 0.144 e. The second-order valence-electron chi connectivity index (χ2n) is 2.90. The van der Waals surface area contributed by atoms with Crippen LogP contribution in [0, 0.1) is 0 Å². The highest BCUT2D eigenvalue weighted by Crippen LogP contribution is 2.38. The average Bonchev–Trinajstić information content (AvgIpc) is 2.62. The van der Waals surface area contributed by atoms with Crippen molar-refractivity contribution in [1.29, 1.82) is 0 Å². The van der Waals surface area contributed by atoms with Crippen LogP contribution < -0.4 is 10.5 Å². The van der Waals surface area contributed by atoms with Gasteiger partial charge in [0.05, 0.1) is 12.3 Å². The van der Waals surface area contributed by atoms with Gasteiger partial charge in [-0.3, -0.25) is 0 Å². The molecule has 2 nitrogen and oxygen atoms in total. The predicted octanol–water partition coefficient (Wildman–Crippen LogP) is 3.17. The Morgan fingerprint density at radius 3 is 3.07 bits per heavy atom. The summed E-state index contributed by atoms with van der Waals surface area (Å²) in [6, 6.07) is 3.99. The Labute approximate surface area is 92.1 Å². The van der Waals surface area contributed by atoms with Crippen LogP contribution in [0.3, 0.4) is 0 Å². The fourth-order valence-corrected chi connectivity index (χ4v) is 2.57. The molecule has 0 aliphatic carbocycles. The van der Waals surface area contributed by atoms with E-state index in [2.05, 4.69) is 12.6 Å². The summed E-state index contributed by atoms with van der Waals surface area (Å²) in [7, 11) is 0. The zero-order valence-corrected chi connectivity index (χ0v) is 9.49. The van der Waals surface area contributed by atoms with Crippen molar-refractivity contribution in [3.63, 3.8) is 0 Å². The van der Waals surface area contributed by atoms with Crippen LogP contribution in [-0.4, -0.2) is 6.61 Å². The number of hydrogen-bond donors (Lipinski definition) is 2. The number of fused-ring (bicyclic) bond motifs is 1. The molecule has 0 aliphatic rings. The summed E-state index contributed by atoms with van der Waals surface area (Å²) in [6.07, 6.45) is 0. The molecule has 1 aromatic heterocycles. The number of nitrogen functional groups attached to an aromatic ring is 1. The lowest BCUT2D eigenvalue weighted by atomic mass is 10.2. The molecule has 0 unspecified atom stereocenters. The van der Waals surface area contributed by atoms with E-state index in [1.165, 1.54) is 0 Å². The van der Waals surface area contributed by atoms with E-state index in [1.807, 2.05) is 24.4 Å². The first-order chi connectivity index (χ1) is 6.74. The molecular formula is C10H11NOS2. The maximum atomic E-state index is 5.90. The van der Waals surface area contributed by atoms with Crippen LogP contribution in [0.25, 0.3) is 10.1 Å². The Morgan fingerprint density at radius 2 is 2.36 bits per heavy atom. The van der Waals surface area contributed by atoms with E-state index in [-0.39, 0.29) is 0 Å². The minimum atomic E-state index is 0.619. The molecule has 1 aromatic carbocycles. The maximum Gasteiger partial charge on any atom is 0.144 e. The molecule has 4 heteroatoms. The minimum Gasteiger partial charge on any atom is -0.492 e. The third kappa shape index (κ3) is 1.44. The number of anilines is 1. The molecule has 0 radical (unpaired) electrons. The van der Waals surface area contributed by atoms with Crippen LogP contribution in [-0.2, 0) is 0 Å². The number of nitrogens with two attached hydrogens (primary N) is 1. The van der Waals surface area contributed by atoms with E-state index in [1.54, 1.807) is 11.3 Å². The number of rotatable bonds is 2. The Morgan fingerprint density at radius 1 is 1.57 bits per heavy atom. The van der Waals surface area contributed by atoms with Gasteiger partial charge in [0.25, 0.3) is 0 Å². The van der Waals surface area contributed by atoms with Crippen molar-refractivity contribution in [2.75, 3.05) is 12.3 Å². The second kappa shape index (κ2) is 3.71. The molecule has 0 spiro atoms. The van der Waals surface area contributed by atoms with Gasteiger partial charge in [-0.25, -0.2) is 0 Å². The van der Waals surface area contributed by atoms with E-state index < -0.39 is 0 Å². The van der Waals surface area contributed by atoms with E-state index in [9.17, 15) is 0 Å². The summed E-state index contributed by atoms with van der Waals surface area (Å²) >= 11 is 6.06. The van der Waals surface area contributed by atoms with Crippen LogP contribution in [0.4, 0.5) is 5.69 Å². The van der Waals surface area contributed by atoms with Crippen LogP contribution in [0.1, 0.15) is 6.92 Å². The molecule has 14 heavy (non-hydrogen) atoms. The van der Waals surface area contributed by atoms with Gasteiger partial charge < -0.3 is 10.5 Å². The van der Waals surface area contributed by atoms with Gasteiger partial charge in [0.1, 0.15) is 5.75 Å². The van der Waals surface area contributed by atoms with Crippen molar-refractivity contribution in [3.8, 4) is 5.75 Å². The van der Waals surface area contributed by atoms with Gasteiger partial charge in [-0.2, -0.15) is 0 Å². The Hall–Kier alpha value is -0.870. The lowest BCUT2D eigenvalue weighted by molar-refractivity contribution is 0.342. The molecule has 2 aromatic rings. The van der Waals surface area contributed by atoms with Gasteiger partial charge in [-0.05, 0) is 18.4 Å². The summed E-state index contributed by atoms with van der Waals surface area (Å²) in [6.45, 7) is 2.56. The first-order valence-electron chi connectivity index (χ1n) is 4.35. The zero-order valence-electron chi connectivity index (χ0n) is 7.78. The van der Waals surface area contributed by atoms with Crippen molar-refractivity contribution in [3.05, 3.63) is 17.5 Å². The molecular weight excluding hydrogens is 214 g/mol. The summed E-state index contributed by atoms with van der Waals surface area (Å²) < 4.78 is 6.59. The lowest BCUT2D eigenvalue weighted by Gasteiger charge is -2.09. The predicted molar refractivity (Wildman–Crippen MR) is 64.7 cm³/mol. The number of benzene rings is 1. The van der Waals surface area contributed by atoms with Crippen molar-refractivity contribution < 1.29 is 4.74 Å². The minimum absolute atomic E-state index is 0.619. The number of thiol groups is 1. The largest absolute Gasteiger partial charge is 0.492 e. The first kappa shape index (κ1) is 9.68. The van der Waals surface area contributed by atoms with Crippen molar-refractivity contribution in [1.82, 2.24) is 0 Å². The maximum absolute atomic E-state index is 5.90. The molecule has 0 aliphatic heterocycles. The number of hydrogen-bond acceptors (Lipinski definition) is 4. The molecule has 0 saturated heterocycles. The van der Waals surface area contributed by atoms with Crippen LogP contribution in [0.2, 0.25) is 0 Å². The monoisotopic (exact) mass is 225 g/mol. The molecule has 2 N–H and O–H groups in total. The Balaban J connectivity index is 2.67. The molecule has 74 valence electrons. The molecule has 1 heterocycles. The quantitative estimate of drug-likeness (QED) is 0.608. The molecule has 0 atom stereocenters. The highest BCUT2D eigenvalue weighted by atomic mass is 32.1. The lowest BCUT2D eigenvalue weighted by Crippen LogP contribution is -1.97. The van der Waals surface area contributed by atoms with E-state index in [0.29, 0.717) is 12.3 Å². The highest BCUT2D eigenvalue weighted by molar-refractivity contribution is 7.80. The SMILES string of the molecule is CCOc1cc2sccc2c(S)c1N. The Kier molecular flexibility index (Phi) is 2.56. The standard InChI is InChI=1S/C10H11NOS2/c1-2-12-7-5-8-6(3-4-14-8)10(13)9(7)11/h3-5,13H,2,11H2,1H3. The third-order valence-corrected chi connectivity index (χ3v) is 3.38.